The van der Waals surface area contributed by atoms with E-state index >= 15 is 0 Å². The van der Waals surface area contributed by atoms with Gasteiger partial charge in [0.1, 0.15) is 24.0 Å². The highest BCUT2D eigenvalue weighted by atomic mass is 16.5. The topological polar surface area (TPSA) is 76.6 Å². The minimum atomic E-state index is -0.178. The summed E-state index contributed by atoms with van der Waals surface area (Å²) >= 11 is 0. The van der Waals surface area contributed by atoms with Crippen LogP contribution in [0, 0.1) is 20.8 Å². The van der Waals surface area contributed by atoms with Crippen LogP contribution in [0.15, 0.2) is 24.3 Å². The van der Waals surface area contributed by atoms with Gasteiger partial charge in [-0.1, -0.05) is 12.1 Å². The fourth-order valence-electron chi connectivity index (χ4n) is 3.31. The van der Waals surface area contributed by atoms with Gasteiger partial charge in [-0.2, -0.15) is 4.98 Å². The fraction of sp³-hybridized carbons (Fsp3) is 0.500. The van der Waals surface area contributed by atoms with E-state index in [1.807, 2.05) is 45.0 Å². The monoisotopic (exact) mass is 398 g/mol. The molecule has 2 heterocycles. The second-order valence-corrected chi connectivity index (χ2v) is 7.34. The average molecular weight is 399 g/mol. The first kappa shape index (κ1) is 20.9. The number of carbonyl (C=O) groups excluding carboxylic acids is 1. The predicted octanol–water partition coefficient (Wildman–Crippen LogP) is 2.97. The molecule has 156 valence electrons. The zero-order chi connectivity index (χ0) is 20.6. The summed E-state index contributed by atoms with van der Waals surface area (Å²) in [5.41, 5.74) is 2.19. The van der Waals surface area contributed by atoms with Crippen LogP contribution < -0.4 is 19.7 Å². The summed E-state index contributed by atoms with van der Waals surface area (Å²) in [5, 5.41) is 2.81. The van der Waals surface area contributed by atoms with E-state index in [4.69, 9.17) is 9.47 Å². The number of hydrogen-bond acceptors (Lipinski definition) is 6. The molecule has 1 saturated heterocycles. The molecule has 0 spiro atoms. The molecule has 0 bridgehead atoms. The Balaban J connectivity index is 1.42. The molecule has 0 aliphatic carbocycles. The van der Waals surface area contributed by atoms with Gasteiger partial charge in [-0.25, -0.2) is 4.98 Å². The maximum absolute atomic E-state index is 12.0. The molecule has 0 radical (unpaired) electrons. The molecule has 7 nitrogen and oxygen atoms in total. The van der Waals surface area contributed by atoms with Crippen LogP contribution in [0.3, 0.4) is 0 Å². The largest absolute Gasteiger partial charge is 0.483 e. The van der Waals surface area contributed by atoms with Crippen LogP contribution in [0.1, 0.15) is 36.2 Å². The zero-order valence-corrected chi connectivity index (χ0v) is 17.5. The zero-order valence-electron chi connectivity index (χ0n) is 17.5. The molecule has 1 aromatic carbocycles. The molecular weight excluding hydrogens is 368 g/mol. The number of nitrogens with one attached hydrogen (secondary N) is 1. The van der Waals surface area contributed by atoms with E-state index in [9.17, 15) is 4.79 Å². The Morgan fingerprint density at radius 1 is 1.10 bits per heavy atom. The number of ether oxygens (including phenoxy) is 2. The number of benzene rings is 1. The molecule has 29 heavy (non-hydrogen) atoms. The number of rotatable bonds is 8. The van der Waals surface area contributed by atoms with Crippen molar-refractivity contribution in [2.75, 3.05) is 37.7 Å². The highest BCUT2D eigenvalue weighted by Crippen LogP contribution is 2.22. The van der Waals surface area contributed by atoms with Crippen LogP contribution in [0.4, 0.5) is 5.82 Å². The smallest absolute Gasteiger partial charge is 0.258 e. The number of amides is 1. The Morgan fingerprint density at radius 3 is 2.69 bits per heavy atom. The average Bonchev–Trinajstić information content (AvgIpc) is 2.72. The summed E-state index contributed by atoms with van der Waals surface area (Å²) < 4.78 is 11.3. The summed E-state index contributed by atoms with van der Waals surface area (Å²) in [5.74, 6) is 2.70. The molecule has 3 rings (SSSR count). The van der Waals surface area contributed by atoms with Crippen molar-refractivity contribution < 1.29 is 14.3 Å². The van der Waals surface area contributed by atoms with Crippen molar-refractivity contribution in [2.45, 2.75) is 40.0 Å². The first-order valence-corrected chi connectivity index (χ1v) is 10.2. The van der Waals surface area contributed by atoms with Crippen LogP contribution in [0.5, 0.6) is 11.6 Å². The highest BCUT2D eigenvalue weighted by molar-refractivity contribution is 5.77. The SMILES string of the molecule is Cc1nc(OCCNC(=O)COc2cccc(C)c2C)cc(N2CCCCC2)n1. The number of anilines is 1. The Morgan fingerprint density at radius 2 is 1.90 bits per heavy atom. The molecule has 1 aromatic heterocycles. The maximum atomic E-state index is 12.0. The second-order valence-electron chi connectivity index (χ2n) is 7.34. The van der Waals surface area contributed by atoms with Crippen molar-refractivity contribution in [2.24, 2.45) is 0 Å². The number of hydrogen-bond donors (Lipinski definition) is 1. The van der Waals surface area contributed by atoms with Gasteiger partial charge >= 0.3 is 0 Å². The Bertz CT molecular complexity index is 835. The standard InChI is InChI=1S/C22H30N4O3/c1-16-8-7-9-19(17(16)2)29-15-21(27)23-10-13-28-22-14-20(24-18(3)25-22)26-11-5-4-6-12-26/h7-9,14H,4-6,10-13,15H2,1-3H3,(H,23,27). The van der Waals surface area contributed by atoms with Crippen LogP contribution in [-0.4, -0.2) is 48.7 Å². The third-order valence-electron chi connectivity index (χ3n) is 5.07. The minimum absolute atomic E-state index is 0.0178. The predicted molar refractivity (Wildman–Crippen MR) is 113 cm³/mol. The molecule has 0 saturated carbocycles. The van der Waals surface area contributed by atoms with E-state index in [0.717, 1.165) is 35.8 Å². The van der Waals surface area contributed by atoms with E-state index in [1.165, 1.54) is 19.3 Å². The molecule has 1 N–H and O–H groups in total. The quantitative estimate of drug-likeness (QED) is 0.689. The van der Waals surface area contributed by atoms with E-state index in [-0.39, 0.29) is 12.5 Å². The molecule has 0 atom stereocenters. The van der Waals surface area contributed by atoms with Crippen LogP contribution >= 0.6 is 0 Å². The fourth-order valence-corrected chi connectivity index (χ4v) is 3.31. The molecule has 1 aliphatic rings. The van der Waals surface area contributed by atoms with Crippen LogP contribution in [0.2, 0.25) is 0 Å². The van der Waals surface area contributed by atoms with E-state index in [2.05, 4.69) is 20.2 Å². The van der Waals surface area contributed by atoms with Crippen LogP contribution in [-0.2, 0) is 4.79 Å². The number of nitrogens with zero attached hydrogens (tertiary/aromatic N) is 3. The van der Waals surface area contributed by atoms with E-state index < -0.39 is 0 Å². The third kappa shape index (κ3) is 6.07. The lowest BCUT2D eigenvalue weighted by molar-refractivity contribution is -0.123. The van der Waals surface area contributed by atoms with Gasteiger partial charge in [0.2, 0.25) is 5.88 Å². The number of piperidine rings is 1. The summed E-state index contributed by atoms with van der Waals surface area (Å²) in [6, 6.07) is 7.69. The van der Waals surface area contributed by atoms with Crippen molar-refractivity contribution in [3.8, 4) is 11.6 Å². The summed E-state index contributed by atoms with van der Waals surface area (Å²) in [7, 11) is 0. The van der Waals surface area contributed by atoms with Gasteiger partial charge in [-0.3, -0.25) is 4.79 Å². The summed E-state index contributed by atoms with van der Waals surface area (Å²) in [6.45, 7) is 8.62. The van der Waals surface area contributed by atoms with Gasteiger partial charge in [0, 0.05) is 19.2 Å². The number of aryl methyl sites for hydroxylation is 2. The Hall–Kier alpha value is -2.83. The maximum Gasteiger partial charge on any atom is 0.258 e. The van der Waals surface area contributed by atoms with E-state index in [1.54, 1.807) is 0 Å². The van der Waals surface area contributed by atoms with Gasteiger partial charge < -0.3 is 19.7 Å². The molecule has 2 aromatic rings. The summed E-state index contributed by atoms with van der Waals surface area (Å²) in [4.78, 5) is 23.2. The van der Waals surface area contributed by atoms with Crippen molar-refractivity contribution >= 4 is 11.7 Å². The van der Waals surface area contributed by atoms with Gasteiger partial charge in [0.15, 0.2) is 6.61 Å². The van der Waals surface area contributed by atoms with Gasteiger partial charge in [0.25, 0.3) is 5.91 Å². The van der Waals surface area contributed by atoms with E-state index in [0.29, 0.717) is 24.9 Å². The number of aromatic nitrogens is 2. The Kier molecular flexibility index (Phi) is 7.27. The molecule has 7 heteroatoms. The first-order valence-electron chi connectivity index (χ1n) is 10.2. The molecule has 1 fully saturated rings. The molecule has 0 unspecified atom stereocenters. The minimum Gasteiger partial charge on any atom is -0.483 e. The lowest BCUT2D eigenvalue weighted by Crippen LogP contribution is -2.32. The normalized spacial score (nSPS) is 13.8. The first-order chi connectivity index (χ1) is 14.0. The third-order valence-corrected chi connectivity index (χ3v) is 5.07. The molecule has 1 aliphatic heterocycles. The molecule has 1 amide bonds. The van der Waals surface area contributed by atoms with Gasteiger partial charge in [-0.05, 0) is 57.2 Å². The van der Waals surface area contributed by atoms with Gasteiger partial charge in [-0.15, -0.1) is 0 Å². The van der Waals surface area contributed by atoms with Crippen molar-refractivity contribution in [3.63, 3.8) is 0 Å². The lowest BCUT2D eigenvalue weighted by Gasteiger charge is -2.28. The highest BCUT2D eigenvalue weighted by Gasteiger charge is 2.14. The van der Waals surface area contributed by atoms with Crippen LogP contribution in [0.25, 0.3) is 0 Å². The Labute approximate surface area is 172 Å². The number of carbonyl (C=O) groups is 1. The van der Waals surface area contributed by atoms with Gasteiger partial charge in [0.05, 0.1) is 6.54 Å². The van der Waals surface area contributed by atoms with Crippen molar-refractivity contribution in [1.82, 2.24) is 15.3 Å². The summed E-state index contributed by atoms with van der Waals surface area (Å²) in [6.07, 6.45) is 3.65. The van der Waals surface area contributed by atoms with Crippen molar-refractivity contribution in [3.05, 3.63) is 41.2 Å². The lowest BCUT2D eigenvalue weighted by atomic mass is 10.1. The van der Waals surface area contributed by atoms with Crippen molar-refractivity contribution in [1.29, 1.82) is 0 Å². The molecular formula is C22H30N4O3. The second kappa shape index (κ2) is 10.1.